The molecular weight excluding hydrogens is 458 g/mol. The average Bonchev–Trinajstić information content (AvgIpc) is 2.79. The van der Waals surface area contributed by atoms with E-state index in [1.807, 2.05) is 0 Å². The molecule has 0 radical (unpaired) electrons. The van der Waals surface area contributed by atoms with E-state index in [1.165, 1.54) is 49.4 Å². The number of ketones is 1. The molecule has 0 aliphatic carbocycles. The molecule has 0 bridgehead atoms. The number of Topliss-reactive ketones (excluding diaryl/α,β-unsaturated/α-hetero) is 1. The number of hydrogen-bond donors (Lipinski definition) is 1. The van der Waals surface area contributed by atoms with Crippen LogP contribution in [0.1, 0.15) is 38.8 Å². The first-order valence-electron chi connectivity index (χ1n) is 10.2. The minimum atomic E-state index is -4.05. The third kappa shape index (κ3) is 6.29. The summed E-state index contributed by atoms with van der Waals surface area (Å²) in [4.78, 5) is 35.7. The monoisotopic (exact) mass is 481 g/mol. The number of aryl methyl sites for hydroxylation is 2. The number of nitrogens with one attached hydrogen (secondary N) is 1. The van der Waals surface area contributed by atoms with Crippen LogP contribution < -0.4 is 9.50 Å². The maximum atomic E-state index is 12.6. The smallest absolute Gasteiger partial charge is 0.339 e. The van der Waals surface area contributed by atoms with E-state index in [1.54, 1.807) is 38.1 Å². The second kappa shape index (κ2) is 10.3. The van der Waals surface area contributed by atoms with Crippen molar-refractivity contribution >= 4 is 33.5 Å². The van der Waals surface area contributed by atoms with Crippen LogP contribution in [0.2, 0.25) is 0 Å². The number of amides is 1. The van der Waals surface area contributed by atoms with E-state index >= 15 is 0 Å². The number of hydrogen-bond acceptors (Lipinski definition) is 7. The van der Waals surface area contributed by atoms with Crippen LogP contribution in [0, 0.1) is 13.8 Å². The van der Waals surface area contributed by atoms with Crippen LogP contribution in [-0.2, 0) is 19.6 Å². The number of carbonyl (C=O) groups excluding carboxylic acids is 3. The normalized spacial score (nSPS) is 10.9. The highest BCUT2D eigenvalue weighted by atomic mass is 32.2. The van der Waals surface area contributed by atoms with Crippen LogP contribution in [0.15, 0.2) is 71.6 Å². The fourth-order valence-electron chi connectivity index (χ4n) is 3.04. The van der Waals surface area contributed by atoms with Gasteiger partial charge >= 0.3 is 16.1 Å². The first kappa shape index (κ1) is 24.7. The van der Waals surface area contributed by atoms with Crippen molar-refractivity contribution in [3.05, 3.63) is 89.0 Å². The Morgan fingerprint density at radius 1 is 0.853 bits per heavy atom. The number of benzene rings is 3. The molecule has 0 fully saturated rings. The van der Waals surface area contributed by atoms with Gasteiger partial charge in [-0.1, -0.05) is 12.1 Å². The van der Waals surface area contributed by atoms with Crippen molar-refractivity contribution < 1.29 is 31.7 Å². The van der Waals surface area contributed by atoms with Crippen LogP contribution >= 0.6 is 0 Å². The summed E-state index contributed by atoms with van der Waals surface area (Å²) < 4.78 is 35.5. The van der Waals surface area contributed by atoms with Gasteiger partial charge in [0.1, 0.15) is 10.6 Å². The van der Waals surface area contributed by atoms with Gasteiger partial charge in [0.2, 0.25) is 5.91 Å². The van der Waals surface area contributed by atoms with Gasteiger partial charge in [0, 0.05) is 18.2 Å². The molecule has 34 heavy (non-hydrogen) atoms. The lowest BCUT2D eigenvalue weighted by Gasteiger charge is -2.10. The lowest BCUT2D eigenvalue weighted by molar-refractivity contribution is -0.114. The van der Waals surface area contributed by atoms with Crippen molar-refractivity contribution in [2.75, 3.05) is 11.9 Å². The van der Waals surface area contributed by atoms with E-state index in [-0.39, 0.29) is 22.1 Å². The molecule has 8 nitrogen and oxygen atoms in total. The predicted molar refractivity (Wildman–Crippen MR) is 126 cm³/mol. The lowest BCUT2D eigenvalue weighted by Crippen LogP contribution is -2.15. The van der Waals surface area contributed by atoms with Gasteiger partial charge in [-0.15, -0.1) is 0 Å². The van der Waals surface area contributed by atoms with Gasteiger partial charge < -0.3 is 14.2 Å². The molecule has 3 aromatic carbocycles. The Balaban J connectivity index is 1.60. The Bertz CT molecular complexity index is 1330. The Hall–Kier alpha value is -3.98. The zero-order chi connectivity index (χ0) is 24.9. The third-order valence-corrected chi connectivity index (χ3v) is 6.16. The average molecular weight is 482 g/mol. The van der Waals surface area contributed by atoms with Gasteiger partial charge in [-0.05, 0) is 79.6 Å². The molecule has 0 saturated heterocycles. The van der Waals surface area contributed by atoms with Crippen LogP contribution in [0.5, 0.6) is 5.75 Å². The molecule has 3 rings (SSSR count). The Morgan fingerprint density at radius 2 is 1.47 bits per heavy atom. The summed E-state index contributed by atoms with van der Waals surface area (Å²) in [6, 6.07) is 16.6. The van der Waals surface area contributed by atoms with Crippen LogP contribution in [0.4, 0.5) is 5.69 Å². The predicted octanol–water partition coefficient (Wildman–Crippen LogP) is 4.07. The van der Waals surface area contributed by atoms with Gasteiger partial charge in [0.25, 0.3) is 0 Å². The van der Waals surface area contributed by atoms with E-state index in [0.29, 0.717) is 16.8 Å². The number of esters is 1. The molecule has 3 aromatic rings. The summed E-state index contributed by atoms with van der Waals surface area (Å²) in [6.07, 6.45) is 0. The van der Waals surface area contributed by atoms with Crippen molar-refractivity contribution in [3.8, 4) is 5.75 Å². The minimum Gasteiger partial charge on any atom is -0.454 e. The molecule has 0 aromatic heterocycles. The van der Waals surface area contributed by atoms with E-state index in [4.69, 9.17) is 8.92 Å². The number of carbonyl (C=O) groups is 3. The quantitative estimate of drug-likeness (QED) is 0.293. The first-order valence-corrected chi connectivity index (χ1v) is 11.7. The van der Waals surface area contributed by atoms with Crippen LogP contribution in [-0.4, -0.2) is 32.7 Å². The number of anilines is 1. The van der Waals surface area contributed by atoms with E-state index < -0.39 is 28.5 Å². The van der Waals surface area contributed by atoms with E-state index in [9.17, 15) is 22.8 Å². The van der Waals surface area contributed by atoms with Gasteiger partial charge in [0.05, 0.1) is 5.56 Å². The molecule has 0 heterocycles. The molecule has 0 atom stereocenters. The molecular formula is C25H23NO7S. The summed E-state index contributed by atoms with van der Waals surface area (Å²) >= 11 is 0. The SMILES string of the molecule is CC(=O)Nc1ccc(C(=O)COC(=O)c2ccc(OS(=O)(=O)c3cc(C)ccc3C)cc2)cc1. The van der Waals surface area contributed by atoms with Crippen LogP contribution in [0.3, 0.4) is 0 Å². The lowest BCUT2D eigenvalue weighted by atomic mass is 10.1. The van der Waals surface area contributed by atoms with E-state index in [0.717, 1.165) is 5.56 Å². The minimum absolute atomic E-state index is 0.0350. The summed E-state index contributed by atoms with van der Waals surface area (Å²) in [5, 5.41) is 2.59. The standard InChI is InChI=1S/C25H23NO7S/c1-16-4-5-17(2)24(14-16)34(30,31)33-22-12-8-20(9-13-22)25(29)32-15-23(28)19-6-10-21(11-7-19)26-18(3)27/h4-14H,15H2,1-3H3,(H,26,27). The number of ether oxygens (including phenoxy) is 1. The third-order valence-electron chi connectivity index (χ3n) is 4.77. The fraction of sp³-hybridized carbons (Fsp3) is 0.160. The fourth-order valence-corrected chi connectivity index (χ4v) is 4.28. The first-order chi connectivity index (χ1) is 16.0. The molecule has 0 saturated carbocycles. The molecule has 0 unspecified atom stereocenters. The van der Waals surface area contributed by atoms with Crippen LogP contribution in [0.25, 0.3) is 0 Å². The van der Waals surface area contributed by atoms with E-state index in [2.05, 4.69) is 5.32 Å². The highest BCUT2D eigenvalue weighted by molar-refractivity contribution is 7.87. The van der Waals surface area contributed by atoms with Crippen molar-refractivity contribution in [1.29, 1.82) is 0 Å². The Morgan fingerprint density at radius 3 is 2.09 bits per heavy atom. The summed E-state index contributed by atoms with van der Waals surface area (Å²) in [5.41, 5.74) is 2.33. The zero-order valence-corrected chi connectivity index (χ0v) is 19.6. The highest BCUT2D eigenvalue weighted by Gasteiger charge is 2.20. The molecule has 1 N–H and O–H groups in total. The maximum absolute atomic E-state index is 12.6. The topological polar surface area (TPSA) is 116 Å². The van der Waals surface area contributed by atoms with Gasteiger partial charge in [-0.3, -0.25) is 9.59 Å². The van der Waals surface area contributed by atoms with Gasteiger partial charge in [0.15, 0.2) is 12.4 Å². The molecule has 0 aliphatic rings. The maximum Gasteiger partial charge on any atom is 0.339 e. The zero-order valence-electron chi connectivity index (χ0n) is 18.8. The van der Waals surface area contributed by atoms with Crippen molar-refractivity contribution in [1.82, 2.24) is 0 Å². The molecule has 1 amide bonds. The second-order valence-electron chi connectivity index (χ2n) is 7.59. The molecule has 0 aliphatic heterocycles. The second-order valence-corrected chi connectivity index (χ2v) is 9.10. The number of rotatable bonds is 8. The molecule has 9 heteroatoms. The van der Waals surface area contributed by atoms with Gasteiger partial charge in [-0.25, -0.2) is 4.79 Å². The Labute approximate surface area is 197 Å². The van der Waals surface area contributed by atoms with Crippen molar-refractivity contribution in [2.45, 2.75) is 25.7 Å². The molecule has 0 spiro atoms. The summed E-state index contributed by atoms with van der Waals surface area (Å²) in [6.45, 7) is 4.36. The van der Waals surface area contributed by atoms with Gasteiger partial charge in [-0.2, -0.15) is 8.42 Å². The molecule has 176 valence electrons. The summed E-state index contributed by atoms with van der Waals surface area (Å²) in [7, 11) is -4.05. The van der Waals surface area contributed by atoms with Crippen molar-refractivity contribution in [3.63, 3.8) is 0 Å². The highest BCUT2D eigenvalue weighted by Crippen LogP contribution is 2.23. The largest absolute Gasteiger partial charge is 0.454 e. The summed E-state index contributed by atoms with van der Waals surface area (Å²) in [5.74, 6) is -1.35. The van der Waals surface area contributed by atoms with Crippen molar-refractivity contribution in [2.24, 2.45) is 0 Å². The Kier molecular flexibility index (Phi) is 7.47.